The molecule has 0 amide bonds. The Balaban J connectivity index is 0. The van der Waals surface area contributed by atoms with Gasteiger partial charge in [0.25, 0.3) is 0 Å². The van der Waals surface area contributed by atoms with E-state index in [1.807, 2.05) is 0 Å². The van der Waals surface area contributed by atoms with Crippen molar-refractivity contribution in [3.63, 3.8) is 0 Å². The molecule has 0 saturated carbocycles. The van der Waals surface area contributed by atoms with Crippen LogP contribution in [0, 0.1) is 0 Å². The summed E-state index contributed by atoms with van der Waals surface area (Å²) in [4.78, 5) is -1.63. The maximum Gasteiger partial charge on any atom is 1.00 e. The Morgan fingerprint density at radius 1 is 0.486 bits per heavy atom. The summed E-state index contributed by atoms with van der Waals surface area (Å²) in [6, 6.07) is 14.8. The van der Waals surface area contributed by atoms with Crippen LogP contribution in [0.4, 0.5) is 0 Å². The monoisotopic (exact) mass is 674 g/mol. The molecule has 17 heteroatoms. The zero-order valence-corrected chi connectivity index (χ0v) is 29.5. The third-order valence-electron chi connectivity index (χ3n) is 4.09. The Kier molecular flexibility index (Phi) is 16.9. The third kappa shape index (κ3) is 10.5. The molecule has 174 valence electrons. The Morgan fingerprint density at radius 3 is 0.914 bits per heavy atom. The van der Waals surface area contributed by atoms with Crippen molar-refractivity contribution in [2.75, 3.05) is 0 Å². The minimum absolute atomic E-state index is 0. The zero-order chi connectivity index (χ0) is 23.0. The van der Waals surface area contributed by atoms with E-state index in [2.05, 4.69) is 0 Å². The topological polar surface area (TPSA) is 172 Å². The molecule has 3 aromatic rings. The minimum atomic E-state index is -4.82. The van der Waals surface area contributed by atoms with E-state index in [4.69, 9.17) is 0 Å². The van der Waals surface area contributed by atoms with Gasteiger partial charge in [0.15, 0.2) is 0 Å². The van der Waals surface area contributed by atoms with E-state index in [1.54, 1.807) is 0 Å². The SMILES string of the molecule is O=S(=O)([O-])c1cccc(P(c2cccc(S(=O)(=O)[O-])c2)c2cccc(S(=O)(=O)[O-])c2)c1.[Na+].[Na+].[Na+].[Pd]. The standard InChI is InChI=1S/C18H15O9PS3.3Na.Pd/c19-29(20,21)16-7-1-4-13(10-16)28(14-5-2-8-17(11-14)30(22,23)24)15-6-3-9-18(12-15)31(25,26)27;;;;/h1-12H,(H,19,20,21)(H,22,23,24)(H,25,26,27);;;;/q;3*+1;/p-3. The van der Waals surface area contributed by atoms with Crippen LogP contribution in [0.5, 0.6) is 0 Å². The second kappa shape index (κ2) is 15.3. The van der Waals surface area contributed by atoms with Crippen LogP contribution in [-0.2, 0) is 50.8 Å². The molecule has 0 N–H and O–H groups in total. The van der Waals surface area contributed by atoms with Crippen LogP contribution in [-0.4, -0.2) is 38.9 Å². The summed E-state index contributed by atoms with van der Waals surface area (Å²) in [5.74, 6) is 0. The van der Waals surface area contributed by atoms with E-state index in [-0.39, 0.29) is 125 Å². The molecule has 0 heterocycles. The van der Waals surface area contributed by atoms with Crippen LogP contribution in [0.3, 0.4) is 0 Å². The predicted octanol–water partition coefficient (Wildman–Crippen LogP) is -8.83. The Morgan fingerprint density at radius 2 is 0.714 bits per heavy atom. The molecular formula is C18H12Na3O9PPdS3. The molecule has 9 nitrogen and oxygen atoms in total. The maximum absolute atomic E-state index is 11.5. The van der Waals surface area contributed by atoms with Gasteiger partial charge < -0.3 is 13.7 Å². The van der Waals surface area contributed by atoms with Crippen LogP contribution in [0.15, 0.2) is 87.5 Å². The minimum Gasteiger partial charge on any atom is -0.744 e. The average molecular weight is 675 g/mol. The van der Waals surface area contributed by atoms with Crippen molar-refractivity contribution in [3.05, 3.63) is 72.8 Å². The van der Waals surface area contributed by atoms with Crippen LogP contribution >= 0.6 is 7.92 Å². The average Bonchev–Trinajstić information content (AvgIpc) is 2.67. The summed E-state index contributed by atoms with van der Waals surface area (Å²) < 4.78 is 103. The molecule has 0 aromatic heterocycles. The van der Waals surface area contributed by atoms with Gasteiger partial charge in [0.05, 0.1) is 14.7 Å². The van der Waals surface area contributed by atoms with E-state index in [1.165, 1.54) is 36.4 Å². The smallest absolute Gasteiger partial charge is 0.744 e. The van der Waals surface area contributed by atoms with Crippen molar-refractivity contribution in [1.29, 1.82) is 0 Å². The summed E-state index contributed by atoms with van der Waals surface area (Å²) in [6.45, 7) is 0. The molecule has 3 rings (SSSR count). The van der Waals surface area contributed by atoms with Crippen LogP contribution in [0.2, 0.25) is 0 Å². The van der Waals surface area contributed by atoms with Crippen molar-refractivity contribution in [2.24, 2.45) is 0 Å². The van der Waals surface area contributed by atoms with E-state index in [0.717, 1.165) is 36.4 Å². The summed E-state index contributed by atoms with van der Waals surface area (Å²) in [6.07, 6.45) is 0. The van der Waals surface area contributed by atoms with Gasteiger partial charge in [-0.1, -0.05) is 36.4 Å². The number of hydrogen-bond donors (Lipinski definition) is 0. The maximum atomic E-state index is 11.5. The molecule has 0 saturated heterocycles. The Hall–Kier alpha value is 1.48. The summed E-state index contributed by atoms with van der Waals surface area (Å²) >= 11 is 0. The second-order valence-corrected chi connectivity index (χ2v) is 12.5. The van der Waals surface area contributed by atoms with Crippen molar-refractivity contribution in [1.82, 2.24) is 0 Å². The Labute approximate surface area is 285 Å². The first-order valence-electron chi connectivity index (χ1n) is 8.25. The molecule has 0 fully saturated rings. The van der Waals surface area contributed by atoms with Crippen LogP contribution in [0.25, 0.3) is 0 Å². The second-order valence-electron chi connectivity index (χ2n) is 6.19. The molecular weight excluding hydrogens is 663 g/mol. The normalized spacial score (nSPS) is 11.3. The largest absolute Gasteiger partial charge is 1.00 e. The molecule has 0 unspecified atom stereocenters. The molecule has 35 heavy (non-hydrogen) atoms. The van der Waals surface area contributed by atoms with Gasteiger partial charge in [-0.15, -0.1) is 0 Å². The van der Waals surface area contributed by atoms with Gasteiger partial charge >= 0.3 is 88.7 Å². The number of rotatable bonds is 6. The molecule has 0 spiro atoms. The van der Waals surface area contributed by atoms with Gasteiger partial charge in [-0.2, -0.15) is 0 Å². The summed E-state index contributed by atoms with van der Waals surface area (Å²) in [5.41, 5.74) is 0. The van der Waals surface area contributed by atoms with Gasteiger partial charge in [-0.3, -0.25) is 0 Å². The molecule has 0 radical (unpaired) electrons. The van der Waals surface area contributed by atoms with Crippen LogP contribution in [0.1, 0.15) is 0 Å². The van der Waals surface area contributed by atoms with Crippen molar-refractivity contribution in [3.8, 4) is 0 Å². The van der Waals surface area contributed by atoms with E-state index in [0.29, 0.717) is 0 Å². The van der Waals surface area contributed by atoms with Crippen molar-refractivity contribution < 1.29 is 148 Å². The fourth-order valence-electron chi connectivity index (χ4n) is 2.78. The Bertz CT molecular complexity index is 1310. The van der Waals surface area contributed by atoms with Gasteiger partial charge in [-0.25, -0.2) is 25.3 Å². The van der Waals surface area contributed by atoms with Gasteiger partial charge in [0.1, 0.15) is 30.4 Å². The first-order chi connectivity index (χ1) is 14.3. The van der Waals surface area contributed by atoms with Gasteiger partial charge in [-0.05, 0) is 60.2 Å². The fourth-order valence-corrected chi connectivity index (χ4v) is 7.00. The number of benzene rings is 3. The molecule has 0 aliphatic heterocycles. The van der Waals surface area contributed by atoms with E-state index >= 15 is 0 Å². The first kappa shape index (κ1) is 38.6. The van der Waals surface area contributed by atoms with Gasteiger partial charge in [0.2, 0.25) is 0 Å². The summed E-state index contributed by atoms with van der Waals surface area (Å²) in [7, 11) is -16.3. The molecule has 0 aliphatic carbocycles. The van der Waals surface area contributed by atoms with Crippen molar-refractivity contribution in [2.45, 2.75) is 14.7 Å². The number of hydrogen-bond acceptors (Lipinski definition) is 9. The predicted molar refractivity (Wildman–Crippen MR) is 109 cm³/mol. The van der Waals surface area contributed by atoms with E-state index in [9.17, 15) is 38.9 Å². The van der Waals surface area contributed by atoms with E-state index < -0.39 is 53.0 Å². The molecule has 0 atom stereocenters. The molecule has 0 aliphatic rings. The molecule has 0 bridgehead atoms. The quantitative estimate of drug-likeness (QED) is 0.140. The molecule has 3 aromatic carbocycles. The zero-order valence-electron chi connectivity index (χ0n) is 18.6. The summed E-state index contributed by atoms with van der Waals surface area (Å²) in [5, 5.41) is 0.772. The third-order valence-corrected chi connectivity index (χ3v) is 8.97. The van der Waals surface area contributed by atoms with Crippen LogP contribution < -0.4 is 105 Å². The van der Waals surface area contributed by atoms with Gasteiger partial charge in [0, 0.05) is 20.4 Å². The van der Waals surface area contributed by atoms with Crippen molar-refractivity contribution >= 4 is 54.2 Å². The fraction of sp³-hybridized carbons (Fsp3) is 0. The first-order valence-corrected chi connectivity index (χ1v) is 13.8.